The SMILES string of the molecule is Cc1cnc(NC(=O)NCCc2ccccc2C(=O)O)s1. The highest BCUT2D eigenvalue weighted by molar-refractivity contribution is 7.15. The highest BCUT2D eigenvalue weighted by Gasteiger charge is 2.09. The van der Waals surface area contributed by atoms with Crippen LogP contribution in [0.15, 0.2) is 30.5 Å². The van der Waals surface area contributed by atoms with Crippen molar-refractivity contribution in [1.82, 2.24) is 10.3 Å². The van der Waals surface area contributed by atoms with Crippen LogP contribution in [-0.2, 0) is 6.42 Å². The molecule has 0 saturated carbocycles. The van der Waals surface area contributed by atoms with E-state index < -0.39 is 5.97 Å². The van der Waals surface area contributed by atoms with Gasteiger partial charge in [-0.3, -0.25) is 5.32 Å². The van der Waals surface area contributed by atoms with Gasteiger partial charge in [0.15, 0.2) is 5.13 Å². The van der Waals surface area contributed by atoms with Crippen LogP contribution < -0.4 is 10.6 Å². The van der Waals surface area contributed by atoms with Crippen molar-refractivity contribution in [3.05, 3.63) is 46.5 Å². The van der Waals surface area contributed by atoms with Crippen molar-refractivity contribution in [3.63, 3.8) is 0 Å². The second-order valence-corrected chi connectivity index (χ2v) is 5.60. The number of anilines is 1. The van der Waals surface area contributed by atoms with Gasteiger partial charge in [0, 0.05) is 17.6 Å². The molecule has 6 nitrogen and oxygen atoms in total. The van der Waals surface area contributed by atoms with E-state index in [0.717, 1.165) is 4.88 Å². The molecule has 1 aromatic heterocycles. The van der Waals surface area contributed by atoms with Crippen LogP contribution in [0, 0.1) is 6.92 Å². The first-order valence-electron chi connectivity index (χ1n) is 6.35. The summed E-state index contributed by atoms with van der Waals surface area (Å²) in [5.41, 5.74) is 0.950. The van der Waals surface area contributed by atoms with Crippen LogP contribution in [0.4, 0.5) is 9.93 Å². The minimum absolute atomic E-state index is 0.259. The van der Waals surface area contributed by atoms with Gasteiger partial charge in [-0.25, -0.2) is 14.6 Å². The maximum atomic E-state index is 11.7. The van der Waals surface area contributed by atoms with Crippen LogP contribution in [0.2, 0.25) is 0 Å². The number of nitrogens with zero attached hydrogens (tertiary/aromatic N) is 1. The van der Waals surface area contributed by atoms with Crippen molar-refractivity contribution in [3.8, 4) is 0 Å². The molecule has 2 amide bonds. The summed E-state index contributed by atoms with van der Waals surface area (Å²) in [6.07, 6.45) is 2.14. The molecule has 21 heavy (non-hydrogen) atoms. The molecule has 1 aromatic carbocycles. The molecule has 0 saturated heterocycles. The second-order valence-electron chi connectivity index (χ2n) is 4.37. The Kier molecular flexibility index (Phi) is 4.89. The molecule has 0 aliphatic carbocycles. The molecule has 0 radical (unpaired) electrons. The summed E-state index contributed by atoms with van der Waals surface area (Å²) in [5.74, 6) is -0.965. The largest absolute Gasteiger partial charge is 0.478 e. The summed E-state index contributed by atoms with van der Waals surface area (Å²) in [4.78, 5) is 27.8. The van der Waals surface area contributed by atoms with Gasteiger partial charge in [-0.15, -0.1) is 11.3 Å². The average molecular weight is 305 g/mol. The molecular weight excluding hydrogens is 290 g/mol. The Bertz CT molecular complexity index is 654. The molecule has 0 atom stereocenters. The summed E-state index contributed by atoms with van der Waals surface area (Å²) in [6, 6.07) is 6.40. The summed E-state index contributed by atoms with van der Waals surface area (Å²) in [7, 11) is 0. The fourth-order valence-corrected chi connectivity index (χ4v) is 2.47. The van der Waals surface area contributed by atoms with Gasteiger partial charge < -0.3 is 10.4 Å². The van der Waals surface area contributed by atoms with Gasteiger partial charge in [0.1, 0.15) is 0 Å². The number of rotatable bonds is 5. The molecule has 7 heteroatoms. The molecular formula is C14H15N3O3S. The third-order valence-corrected chi connectivity index (χ3v) is 3.60. The van der Waals surface area contributed by atoms with Gasteiger partial charge in [-0.2, -0.15) is 0 Å². The van der Waals surface area contributed by atoms with Crippen LogP contribution in [0.5, 0.6) is 0 Å². The number of carboxylic acids is 1. The Morgan fingerprint density at radius 3 is 2.76 bits per heavy atom. The van der Waals surface area contributed by atoms with E-state index in [1.54, 1.807) is 30.5 Å². The summed E-state index contributed by atoms with van der Waals surface area (Å²) in [5, 5.41) is 14.9. The maximum absolute atomic E-state index is 11.7. The molecule has 110 valence electrons. The van der Waals surface area contributed by atoms with Crippen molar-refractivity contribution in [2.45, 2.75) is 13.3 Å². The Balaban J connectivity index is 1.84. The lowest BCUT2D eigenvalue weighted by molar-refractivity contribution is 0.0695. The lowest BCUT2D eigenvalue weighted by atomic mass is 10.0. The second kappa shape index (κ2) is 6.85. The van der Waals surface area contributed by atoms with E-state index in [9.17, 15) is 9.59 Å². The van der Waals surface area contributed by atoms with E-state index in [1.807, 2.05) is 6.92 Å². The van der Waals surface area contributed by atoms with E-state index in [0.29, 0.717) is 23.7 Å². The minimum atomic E-state index is -0.965. The number of hydrogen-bond acceptors (Lipinski definition) is 4. The van der Waals surface area contributed by atoms with Crippen LogP contribution >= 0.6 is 11.3 Å². The number of carboxylic acid groups (broad SMARTS) is 1. The number of carbonyl (C=O) groups is 2. The molecule has 0 aliphatic rings. The maximum Gasteiger partial charge on any atom is 0.335 e. The number of hydrogen-bond donors (Lipinski definition) is 3. The Hall–Kier alpha value is -2.41. The first-order chi connectivity index (χ1) is 10.1. The monoisotopic (exact) mass is 305 g/mol. The third kappa shape index (κ3) is 4.28. The number of urea groups is 1. The van der Waals surface area contributed by atoms with E-state index >= 15 is 0 Å². The fourth-order valence-electron chi connectivity index (χ4n) is 1.81. The number of carbonyl (C=O) groups excluding carboxylic acids is 1. The quantitative estimate of drug-likeness (QED) is 0.791. The van der Waals surface area contributed by atoms with Gasteiger partial charge in [-0.1, -0.05) is 18.2 Å². The van der Waals surface area contributed by atoms with Crippen molar-refractivity contribution in [2.75, 3.05) is 11.9 Å². The van der Waals surface area contributed by atoms with Crippen molar-refractivity contribution in [1.29, 1.82) is 0 Å². The van der Waals surface area contributed by atoms with Gasteiger partial charge >= 0.3 is 12.0 Å². The predicted molar refractivity (Wildman–Crippen MR) is 81.0 cm³/mol. The van der Waals surface area contributed by atoms with Crippen molar-refractivity contribution < 1.29 is 14.7 Å². The van der Waals surface area contributed by atoms with Crippen molar-refractivity contribution in [2.24, 2.45) is 0 Å². The lowest BCUT2D eigenvalue weighted by Crippen LogP contribution is -2.30. The number of aromatic carboxylic acids is 1. The molecule has 0 bridgehead atoms. The van der Waals surface area contributed by atoms with Gasteiger partial charge in [-0.05, 0) is 25.0 Å². The van der Waals surface area contributed by atoms with Gasteiger partial charge in [0.25, 0.3) is 0 Å². The number of benzene rings is 1. The zero-order chi connectivity index (χ0) is 15.2. The first kappa shape index (κ1) is 15.0. The van der Waals surface area contributed by atoms with Crippen LogP contribution in [0.25, 0.3) is 0 Å². The molecule has 0 unspecified atom stereocenters. The number of thiazole rings is 1. The standard InChI is InChI=1S/C14H15N3O3S/c1-9-8-16-14(21-9)17-13(20)15-7-6-10-4-2-3-5-11(10)12(18)19/h2-5,8H,6-7H2,1H3,(H,18,19)(H2,15,16,17,20). The number of nitrogens with one attached hydrogen (secondary N) is 2. The third-order valence-electron chi connectivity index (χ3n) is 2.77. The van der Waals surface area contributed by atoms with E-state index in [-0.39, 0.29) is 11.6 Å². The average Bonchev–Trinajstić information content (AvgIpc) is 2.84. The normalized spacial score (nSPS) is 10.1. The Morgan fingerprint density at radius 1 is 1.33 bits per heavy atom. The Morgan fingerprint density at radius 2 is 2.10 bits per heavy atom. The van der Waals surface area contributed by atoms with Crippen LogP contribution in [0.1, 0.15) is 20.8 Å². The Labute approximate surface area is 125 Å². The summed E-state index contributed by atoms with van der Waals surface area (Å²) in [6.45, 7) is 2.25. The minimum Gasteiger partial charge on any atom is -0.478 e. The molecule has 0 fully saturated rings. The first-order valence-corrected chi connectivity index (χ1v) is 7.16. The molecule has 2 aromatic rings. The number of aromatic nitrogens is 1. The summed E-state index contributed by atoms with van der Waals surface area (Å²) >= 11 is 1.39. The van der Waals surface area contributed by atoms with Gasteiger partial charge in [0.2, 0.25) is 0 Å². The lowest BCUT2D eigenvalue weighted by Gasteiger charge is -2.07. The summed E-state index contributed by atoms with van der Waals surface area (Å²) < 4.78 is 0. The van der Waals surface area contributed by atoms with E-state index in [1.165, 1.54) is 11.3 Å². The zero-order valence-electron chi connectivity index (χ0n) is 11.4. The van der Waals surface area contributed by atoms with E-state index in [4.69, 9.17) is 5.11 Å². The van der Waals surface area contributed by atoms with Gasteiger partial charge in [0.05, 0.1) is 5.56 Å². The van der Waals surface area contributed by atoms with E-state index in [2.05, 4.69) is 15.6 Å². The zero-order valence-corrected chi connectivity index (χ0v) is 12.2. The highest BCUT2D eigenvalue weighted by atomic mass is 32.1. The molecule has 3 N–H and O–H groups in total. The topological polar surface area (TPSA) is 91.3 Å². The fraction of sp³-hybridized carbons (Fsp3) is 0.214. The smallest absolute Gasteiger partial charge is 0.335 e. The molecule has 0 spiro atoms. The molecule has 0 aliphatic heterocycles. The van der Waals surface area contributed by atoms with Crippen molar-refractivity contribution >= 4 is 28.5 Å². The predicted octanol–water partition coefficient (Wildman–Crippen LogP) is 2.51. The number of aryl methyl sites for hydroxylation is 1. The molecule has 1 heterocycles. The molecule has 2 rings (SSSR count). The highest BCUT2D eigenvalue weighted by Crippen LogP contribution is 2.16. The van der Waals surface area contributed by atoms with Crippen LogP contribution in [-0.4, -0.2) is 28.6 Å². The van der Waals surface area contributed by atoms with Crippen LogP contribution in [0.3, 0.4) is 0 Å². The number of amides is 2.